The zero-order valence-electron chi connectivity index (χ0n) is 10.9. The molecule has 104 valence electrons. The quantitative estimate of drug-likeness (QED) is 0.760. The SMILES string of the molecule is O=C(Nc1cccc(Cl)c1)c1ccnc(-c2ccsc2)c1. The standard InChI is InChI=1S/C16H11ClN2OS/c17-13-2-1-3-14(9-13)19-16(20)11-4-6-18-15(8-11)12-5-7-21-10-12/h1-10H,(H,19,20). The van der Waals surface area contributed by atoms with Crippen molar-refractivity contribution >= 4 is 34.5 Å². The van der Waals surface area contributed by atoms with Crippen LogP contribution in [0.15, 0.2) is 59.4 Å². The summed E-state index contributed by atoms with van der Waals surface area (Å²) in [6.45, 7) is 0. The highest BCUT2D eigenvalue weighted by molar-refractivity contribution is 7.08. The van der Waals surface area contributed by atoms with E-state index in [-0.39, 0.29) is 5.91 Å². The summed E-state index contributed by atoms with van der Waals surface area (Å²) >= 11 is 7.50. The van der Waals surface area contributed by atoms with E-state index in [1.54, 1.807) is 53.9 Å². The van der Waals surface area contributed by atoms with Gasteiger partial charge in [-0.2, -0.15) is 11.3 Å². The van der Waals surface area contributed by atoms with Crippen LogP contribution in [0.3, 0.4) is 0 Å². The number of nitrogens with zero attached hydrogens (tertiary/aromatic N) is 1. The van der Waals surface area contributed by atoms with Crippen molar-refractivity contribution in [1.29, 1.82) is 0 Å². The first-order valence-corrected chi connectivity index (χ1v) is 7.60. The Labute approximate surface area is 131 Å². The predicted octanol–water partition coefficient (Wildman–Crippen LogP) is 4.72. The third-order valence-corrected chi connectivity index (χ3v) is 3.84. The molecule has 0 fully saturated rings. The zero-order chi connectivity index (χ0) is 14.7. The number of halogens is 1. The lowest BCUT2D eigenvalue weighted by molar-refractivity contribution is 0.102. The Morgan fingerprint density at radius 1 is 1.19 bits per heavy atom. The van der Waals surface area contributed by atoms with Crippen LogP contribution in [-0.4, -0.2) is 10.9 Å². The minimum absolute atomic E-state index is 0.184. The highest BCUT2D eigenvalue weighted by Crippen LogP contribution is 2.21. The molecule has 2 aromatic heterocycles. The molecule has 0 bridgehead atoms. The first-order chi connectivity index (χ1) is 10.2. The summed E-state index contributed by atoms with van der Waals surface area (Å²) in [5.74, 6) is -0.184. The van der Waals surface area contributed by atoms with Crippen LogP contribution in [-0.2, 0) is 0 Å². The van der Waals surface area contributed by atoms with Gasteiger partial charge in [-0.1, -0.05) is 17.7 Å². The van der Waals surface area contributed by atoms with E-state index < -0.39 is 0 Å². The number of rotatable bonds is 3. The summed E-state index contributed by atoms with van der Waals surface area (Å²) in [6.07, 6.45) is 1.64. The first-order valence-electron chi connectivity index (χ1n) is 6.28. The summed E-state index contributed by atoms with van der Waals surface area (Å²) in [4.78, 5) is 16.6. The van der Waals surface area contributed by atoms with Crippen molar-refractivity contribution in [3.05, 3.63) is 70.0 Å². The molecule has 0 aliphatic heterocycles. The molecule has 3 rings (SSSR count). The average Bonchev–Trinajstić information content (AvgIpc) is 3.02. The van der Waals surface area contributed by atoms with Crippen molar-refractivity contribution in [3.63, 3.8) is 0 Å². The van der Waals surface area contributed by atoms with Gasteiger partial charge in [-0.3, -0.25) is 9.78 Å². The van der Waals surface area contributed by atoms with Gasteiger partial charge in [0.15, 0.2) is 0 Å². The topological polar surface area (TPSA) is 42.0 Å². The minimum atomic E-state index is -0.184. The van der Waals surface area contributed by atoms with Gasteiger partial charge < -0.3 is 5.32 Å². The molecule has 21 heavy (non-hydrogen) atoms. The van der Waals surface area contributed by atoms with E-state index in [4.69, 9.17) is 11.6 Å². The van der Waals surface area contributed by atoms with Gasteiger partial charge in [0.1, 0.15) is 0 Å². The van der Waals surface area contributed by atoms with Crippen LogP contribution in [0.4, 0.5) is 5.69 Å². The number of thiophene rings is 1. The van der Waals surface area contributed by atoms with E-state index >= 15 is 0 Å². The van der Waals surface area contributed by atoms with E-state index in [1.165, 1.54) is 0 Å². The van der Waals surface area contributed by atoms with Crippen LogP contribution in [0.25, 0.3) is 11.3 Å². The third-order valence-electron chi connectivity index (χ3n) is 2.92. The molecular formula is C16H11ClN2OS. The Hall–Kier alpha value is -2.17. The number of hydrogen-bond acceptors (Lipinski definition) is 3. The molecule has 0 saturated heterocycles. The van der Waals surface area contributed by atoms with Crippen LogP contribution in [0, 0.1) is 0 Å². The second-order valence-corrected chi connectivity index (χ2v) is 5.62. The fourth-order valence-electron chi connectivity index (χ4n) is 1.91. The van der Waals surface area contributed by atoms with Crippen molar-refractivity contribution in [2.24, 2.45) is 0 Å². The number of pyridine rings is 1. The van der Waals surface area contributed by atoms with Gasteiger partial charge in [-0.05, 0) is 41.8 Å². The van der Waals surface area contributed by atoms with Gasteiger partial charge in [0, 0.05) is 33.4 Å². The number of aromatic nitrogens is 1. The molecule has 5 heteroatoms. The van der Waals surface area contributed by atoms with Crippen LogP contribution >= 0.6 is 22.9 Å². The minimum Gasteiger partial charge on any atom is -0.322 e. The molecule has 0 saturated carbocycles. The van der Waals surface area contributed by atoms with Gasteiger partial charge in [0.25, 0.3) is 5.91 Å². The van der Waals surface area contributed by atoms with Crippen molar-refractivity contribution in [1.82, 2.24) is 4.98 Å². The number of benzene rings is 1. The first kappa shape index (κ1) is 13.8. The molecule has 0 spiro atoms. The second kappa shape index (κ2) is 6.08. The van der Waals surface area contributed by atoms with E-state index in [9.17, 15) is 4.79 Å². The lowest BCUT2D eigenvalue weighted by Gasteiger charge is -2.06. The third kappa shape index (κ3) is 3.29. The Kier molecular flexibility index (Phi) is 3.99. The summed E-state index contributed by atoms with van der Waals surface area (Å²) in [5, 5.41) is 7.39. The summed E-state index contributed by atoms with van der Waals surface area (Å²) in [6, 6.07) is 12.5. The van der Waals surface area contributed by atoms with Crippen molar-refractivity contribution in [2.45, 2.75) is 0 Å². The summed E-state index contributed by atoms with van der Waals surface area (Å²) in [5.41, 5.74) is 3.03. The predicted molar refractivity (Wildman–Crippen MR) is 87.0 cm³/mol. The largest absolute Gasteiger partial charge is 0.322 e. The molecule has 1 N–H and O–H groups in total. The number of amides is 1. The molecule has 1 aromatic carbocycles. The van der Waals surface area contributed by atoms with Crippen molar-refractivity contribution in [2.75, 3.05) is 5.32 Å². The maximum atomic E-state index is 12.3. The van der Waals surface area contributed by atoms with Gasteiger partial charge in [-0.15, -0.1) is 0 Å². The van der Waals surface area contributed by atoms with Gasteiger partial charge >= 0.3 is 0 Å². The fraction of sp³-hybridized carbons (Fsp3) is 0. The maximum Gasteiger partial charge on any atom is 0.255 e. The molecule has 0 unspecified atom stereocenters. The van der Waals surface area contributed by atoms with Crippen molar-refractivity contribution in [3.8, 4) is 11.3 Å². The van der Waals surface area contributed by atoms with E-state index in [0.29, 0.717) is 16.3 Å². The number of carbonyl (C=O) groups excluding carboxylic acids is 1. The number of nitrogens with one attached hydrogen (secondary N) is 1. The van der Waals surface area contributed by atoms with Crippen LogP contribution in [0.5, 0.6) is 0 Å². The van der Waals surface area contributed by atoms with Crippen molar-refractivity contribution < 1.29 is 4.79 Å². The number of carbonyl (C=O) groups is 1. The van der Waals surface area contributed by atoms with Crippen LogP contribution in [0.2, 0.25) is 5.02 Å². The van der Waals surface area contributed by atoms with E-state index in [0.717, 1.165) is 11.3 Å². The molecule has 0 aliphatic carbocycles. The van der Waals surface area contributed by atoms with E-state index in [1.807, 2.05) is 16.8 Å². The highest BCUT2D eigenvalue weighted by atomic mass is 35.5. The van der Waals surface area contributed by atoms with Crippen LogP contribution < -0.4 is 5.32 Å². The fourth-order valence-corrected chi connectivity index (χ4v) is 2.75. The van der Waals surface area contributed by atoms with E-state index in [2.05, 4.69) is 10.3 Å². The molecular weight excluding hydrogens is 304 g/mol. The van der Waals surface area contributed by atoms with Gasteiger partial charge in [0.2, 0.25) is 0 Å². The molecule has 1 amide bonds. The Morgan fingerprint density at radius 2 is 2.10 bits per heavy atom. The lowest BCUT2D eigenvalue weighted by Crippen LogP contribution is -2.12. The molecule has 0 aliphatic rings. The molecule has 3 nitrogen and oxygen atoms in total. The lowest BCUT2D eigenvalue weighted by atomic mass is 10.1. The monoisotopic (exact) mass is 314 g/mol. The molecule has 2 heterocycles. The highest BCUT2D eigenvalue weighted by Gasteiger charge is 2.09. The van der Waals surface area contributed by atoms with Gasteiger partial charge in [0.05, 0.1) is 5.69 Å². The molecule has 0 radical (unpaired) electrons. The smallest absolute Gasteiger partial charge is 0.255 e. The summed E-state index contributed by atoms with van der Waals surface area (Å²) in [7, 11) is 0. The Balaban J connectivity index is 1.83. The zero-order valence-corrected chi connectivity index (χ0v) is 12.5. The average molecular weight is 315 g/mol. The second-order valence-electron chi connectivity index (χ2n) is 4.41. The Bertz CT molecular complexity index is 771. The maximum absolute atomic E-state index is 12.3. The number of anilines is 1. The summed E-state index contributed by atoms with van der Waals surface area (Å²) < 4.78 is 0. The van der Waals surface area contributed by atoms with Gasteiger partial charge in [-0.25, -0.2) is 0 Å². The normalized spacial score (nSPS) is 10.3. The molecule has 3 aromatic rings. The van der Waals surface area contributed by atoms with Crippen LogP contribution in [0.1, 0.15) is 10.4 Å². The molecule has 0 atom stereocenters. The number of hydrogen-bond donors (Lipinski definition) is 1. The Morgan fingerprint density at radius 3 is 2.86 bits per heavy atom.